The van der Waals surface area contributed by atoms with Crippen LogP contribution in [0.15, 0.2) is 0 Å². The summed E-state index contributed by atoms with van der Waals surface area (Å²) in [5, 5.41) is 0. The summed E-state index contributed by atoms with van der Waals surface area (Å²) in [6.45, 7) is 7.87. The molecule has 5 atom stereocenters. The van der Waals surface area contributed by atoms with Crippen molar-refractivity contribution >= 4 is 23.9 Å². The third-order valence-electron chi connectivity index (χ3n) is 3.35. The SMILES string of the molecule is CC(=O)OC[C@H]1O[C@@H](OC(C)C)[C@H](OC(C)=O)C(OC(C)=O)[C@H]1OC(C)=O. The van der Waals surface area contributed by atoms with Crippen LogP contribution in [0.2, 0.25) is 0 Å². The number of hydrogen-bond donors (Lipinski definition) is 0. The fraction of sp³-hybridized carbons (Fsp3) is 0.765. The van der Waals surface area contributed by atoms with Crippen molar-refractivity contribution in [3.8, 4) is 0 Å². The molecule has 27 heavy (non-hydrogen) atoms. The van der Waals surface area contributed by atoms with E-state index in [9.17, 15) is 19.2 Å². The van der Waals surface area contributed by atoms with Crippen molar-refractivity contribution in [2.24, 2.45) is 0 Å². The Bertz CT molecular complexity index is 558. The quantitative estimate of drug-likeness (QED) is 0.448. The van der Waals surface area contributed by atoms with E-state index in [-0.39, 0.29) is 12.7 Å². The summed E-state index contributed by atoms with van der Waals surface area (Å²) in [7, 11) is 0. The Morgan fingerprint density at radius 1 is 0.778 bits per heavy atom. The Morgan fingerprint density at radius 2 is 1.26 bits per heavy atom. The molecule has 1 aliphatic rings. The summed E-state index contributed by atoms with van der Waals surface area (Å²) in [5.41, 5.74) is 0. The van der Waals surface area contributed by atoms with Crippen molar-refractivity contribution in [1.82, 2.24) is 0 Å². The van der Waals surface area contributed by atoms with Crippen LogP contribution in [0.1, 0.15) is 41.5 Å². The van der Waals surface area contributed by atoms with E-state index in [1.54, 1.807) is 13.8 Å². The number of rotatable bonds is 7. The monoisotopic (exact) mass is 390 g/mol. The number of ether oxygens (including phenoxy) is 6. The highest BCUT2D eigenvalue weighted by atomic mass is 16.7. The van der Waals surface area contributed by atoms with Gasteiger partial charge in [0.05, 0.1) is 6.10 Å². The second kappa shape index (κ2) is 10.2. The molecule has 1 rings (SSSR count). The van der Waals surface area contributed by atoms with Crippen molar-refractivity contribution in [1.29, 1.82) is 0 Å². The van der Waals surface area contributed by atoms with Gasteiger partial charge in [0.2, 0.25) is 0 Å². The topological polar surface area (TPSA) is 124 Å². The van der Waals surface area contributed by atoms with Gasteiger partial charge in [-0.05, 0) is 13.8 Å². The lowest BCUT2D eigenvalue weighted by Crippen LogP contribution is -2.63. The van der Waals surface area contributed by atoms with Crippen LogP contribution in [0.3, 0.4) is 0 Å². The summed E-state index contributed by atoms with van der Waals surface area (Å²) >= 11 is 0. The number of carbonyl (C=O) groups excluding carboxylic acids is 4. The molecule has 0 amide bonds. The molecule has 0 N–H and O–H groups in total. The van der Waals surface area contributed by atoms with Crippen LogP contribution in [0.4, 0.5) is 0 Å². The first-order chi connectivity index (χ1) is 12.5. The van der Waals surface area contributed by atoms with E-state index in [1.165, 1.54) is 13.8 Å². The molecule has 0 saturated carbocycles. The predicted molar refractivity (Wildman–Crippen MR) is 88.2 cm³/mol. The van der Waals surface area contributed by atoms with Crippen molar-refractivity contribution < 1.29 is 47.6 Å². The molecule has 1 heterocycles. The molecule has 0 aliphatic carbocycles. The zero-order chi connectivity index (χ0) is 20.7. The van der Waals surface area contributed by atoms with Gasteiger partial charge >= 0.3 is 23.9 Å². The Hall–Kier alpha value is -2.20. The predicted octanol–water partition coefficient (Wildman–Crippen LogP) is 0.495. The minimum absolute atomic E-state index is 0.282. The molecule has 154 valence electrons. The van der Waals surface area contributed by atoms with E-state index in [4.69, 9.17) is 28.4 Å². The molecule has 1 unspecified atom stereocenters. The third-order valence-corrected chi connectivity index (χ3v) is 3.35. The molecule has 0 aromatic heterocycles. The van der Waals surface area contributed by atoms with Crippen molar-refractivity contribution in [3.63, 3.8) is 0 Å². The van der Waals surface area contributed by atoms with Gasteiger partial charge in [-0.15, -0.1) is 0 Å². The molecule has 1 fully saturated rings. The lowest BCUT2D eigenvalue weighted by Gasteiger charge is -2.44. The van der Waals surface area contributed by atoms with Gasteiger partial charge in [0, 0.05) is 27.7 Å². The molecule has 0 bridgehead atoms. The summed E-state index contributed by atoms with van der Waals surface area (Å²) in [4.78, 5) is 45.9. The van der Waals surface area contributed by atoms with Crippen molar-refractivity contribution in [2.75, 3.05) is 6.61 Å². The molecule has 10 nitrogen and oxygen atoms in total. The van der Waals surface area contributed by atoms with Crippen LogP contribution in [-0.4, -0.2) is 67.3 Å². The Balaban J connectivity index is 3.27. The molecule has 1 aliphatic heterocycles. The van der Waals surface area contributed by atoms with E-state index < -0.39 is 54.6 Å². The van der Waals surface area contributed by atoms with Gasteiger partial charge in [0.25, 0.3) is 0 Å². The van der Waals surface area contributed by atoms with Crippen LogP contribution < -0.4 is 0 Å². The zero-order valence-corrected chi connectivity index (χ0v) is 16.3. The molecular formula is C17H26O10. The minimum Gasteiger partial charge on any atom is -0.463 e. The van der Waals surface area contributed by atoms with Crippen LogP contribution in [0.5, 0.6) is 0 Å². The minimum atomic E-state index is -1.21. The van der Waals surface area contributed by atoms with Crippen LogP contribution in [0, 0.1) is 0 Å². The normalized spacial score (nSPS) is 27.6. The van der Waals surface area contributed by atoms with Gasteiger partial charge in [-0.1, -0.05) is 0 Å². The molecule has 0 radical (unpaired) electrons. The molecule has 10 heteroatoms. The van der Waals surface area contributed by atoms with Crippen molar-refractivity contribution in [3.05, 3.63) is 0 Å². The summed E-state index contributed by atoms with van der Waals surface area (Å²) in [6, 6.07) is 0. The van der Waals surface area contributed by atoms with Gasteiger partial charge in [-0.2, -0.15) is 0 Å². The first-order valence-corrected chi connectivity index (χ1v) is 8.47. The van der Waals surface area contributed by atoms with E-state index in [0.29, 0.717) is 0 Å². The van der Waals surface area contributed by atoms with E-state index in [2.05, 4.69) is 0 Å². The molecule has 0 spiro atoms. The van der Waals surface area contributed by atoms with E-state index in [0.717, 1.165) is 13.8 Å². The second-order valence-electron chi connectivity index (χ2n) is 6.25. The number of carbonyl (C=O) groups is 4. The van der Waals surface area contributed by atoms with Gasteiger partial charge < -0.3 is 28.4 Å². The fourth-order valence-electron chi connectivity index (χ4n) is 2.57. The van der Waals surface area contributed by atoms with E-state index in [1.807, 2.05) is 0 Å². The third kappa shape index (κ3) is 7.51. The molecule has 0 aromatic rings. The first kappa shape index (κ1) is 22.8. The van der Waals surface area contributed by atoms with Gasteiger partial charge in [-0.25, -0.2) is 0 Å². The second-order valence-corrected chi connectivity index (χ2v) is 6.25. The van der Waals surface area contributed by atoms with Crippen molar-refractivity contribution in [2.45, 2.75) is 78.4 Å². The maximum absolute atomic E-state index is 11.6. The zero-order valence-electron chi connectivity index (χ0n) is 16.3. The summed E-state index contributed by atoms with van der Waals surface area (Å²) in [6.07, 6.45) is -6.05. The van der Waals surface area contributed by atoms with Gasteiger partial charge in [0.15, 0.2) is 24.6 Å². The van der Waals surface area contributed by atoms with Gasteiger partial charge in [-0.3, -0.25) is 19.2 Å². The van der Waals surface area contributed by atoms with Crippen LogP contribution in [-0.2, 0) is 47.6 Å². The highest BCUT2D eigenvalue weighted by molar-refractivity contribution is 5.68. The molecule has 0 aromatic carbocycles. The van der Waals surface area contributed by atoms with Crippen LogP contribution >= 0.6 is 0 Å². The molecular weight excluding hydrogens is 364 g/mol. The van der Waals surface area contributed by atoms with E-state index >= 15 is 0 Å². The average Bonchev–Trinajstić information content (AvgIpc) is 2.49. The fourth-order valence-corrected chi connectivity index (χ4v) is 2.57. The lowest BCUT2D eigenvalue weighted by atomic mass is 9.98. The summed E-state index contributed by atoms with van der Waals surface area (Å²) < 4.78 is 32.1. The number of esters is 4. The lowest BCUT2D eigenvalue weighted by molar-refractivity contribution is -0.314. The highest BCUT2D eigenvalue weighted by Gasteiger charge is 2.52. The molecule has 1 saturated heterocycles. The first-order valence-electron chi connectivity index (χ1n) is 8.47. The maximum atomic E-state index is 11.6. The Kier molecular flexibility index (Phi) is 8.64. The standard InChI is InChI=1S/C17H26O10/c1-8(2)23-17-16(26-12(6)21)15(25-11(5)20)14(24-10(4)19)13(27-17)7-22-9(3)18/h8,13-17H,7H2,1-6H3/t13-,14+,15?,16-,17-/m1/s1. The van der Waals surface area contributed by atoms with Gasteiger partial charge in [0.1, 0.15) is 12.7 Å². The summed E-state index contributed by atoms with van der Waals surface area (Å²) in [5.74, 6) is -2.62. The van der Waals surface area contributed by atoms with Crippen LogP contribution in [0.25, 0.3) is 0 Å². The highest BCUT2D eigenvalue weighted by Crippen LogP contribution is 2.30. The smallest absolute Gasteiger partial charge is 0.303 e. The Morgan fingerprint density at radius 3 is 1.70 bits per heavy atom. The number of hydrogen-bond acceptors (Lipinski definition) is 10. The Labute approximate surface area is 157 Å². The maximum Gasteiger partial charge on any atom is 0.303 e. The average molecular weight is 390 g/mol. The largest absolute Gasteiger partial charge is 0.463 e.